The minimum absolute atomic E-state index is 0.234. The molecule has 2 aromatic carbocycles. The maximum absolute atomic E-state index is 14.4. The van der Waals surface area contributed by atoms with Crippen LogP contribution in [0.15, 0.2) is 92.3 Å². The molecule has 0 saturated heterocycles. The van der Waals surface area contributed by atoms with Gasteiger partial charge in [0.05, 0.1) is 0 Å². The van der Waals surface area contributed by atoms with E-state index in [9.17, 15) is 14.0 Å². The van der Waals surface area contributed by atoms with E-state index in [0.29, 0.717) is 16.9 Å². The lowest BCUT2D eigenvalue weighted by molar-refractivity contribution is -0.134. The van der Waals surface area contributed by atoms with Gasteiger partial charge in [-0.05, 0) is 36.8 Å². The van der Waals surface area contributed by atoms with Gasteiger partial charge in [-0.1, -0.05) is 25.3 Å². The molecule has 6 nitrogen and oxygen atoms in total. The van der Waals surface area contributed by atoms with Crippen LogP contribution in [0.1, 0.15) is 6.92 Å². The molecule has 0 N–H and O–H groups in total. The molecule has 30 heavy (non-hydrogen) atoms. The first-order valence-electron chi connectivity index (χ1n) is 8.63. The van der Waals surface area contributed by atoms with Gasteiger partial charge in [0.2, 0.25) is 0 Å². The van der Waals surface area contributed by atoms with Gasteiger partial charge >= 0.3 is 11.9 Å². The number of rotatable bonds is 9. The molecule has 0 aliphatic carbocycles. The van der Waals surface area contributed by atoms with Gasteiger partial charge in [0.15, 0.2) is 0 Å². The molecule has 0 amide bonds. The first-order valence-corrected chi connectivity index (χ1v) is 8.63. The van der Waals surface area contributed by atoms with Crippen molar-refractivity contribution in [3.8, 4) is 22.6 Å². The maximum atomic E-state index is 14.4. The van der Waals surface area contributed by atoms with Gasteiger partial charge in [0, 0.05) is 23.3 Å². The Morgan fingerprint density at radius 2 is 1.50 bits per heavy atom. The van der Waals surface area contributed by atoms with E-state index in [2.05, 4.69) is 17.9 Å². The molecule has 0 atom stereocenters. The quantitative estimate of drug-likeness (QED) is 0.328. The third kappa shape index (κ3) is 6.79. The number of halogens is 1. The van der Waals surface area contributed by atoms with Crippen LogP contribution in [-0.2, 0) is 19.1 Å². The molecule has 0 radical (unpaired) electrons. The van der Waals surface area contributed by atoms with E-state index in [4.69, 9.17) is 14.2 Å². The van der Waals surface area contributed by atoms with Crippen LogP contribution in [0.5, 0.6) is 11.5 Å². The summed E-state index contributed by atoms with van der Waals surface area (Å²) in [5, 5.41) is 0. The van der Waals surface area contributed by atoms with Gasteiger partial charge in [-0.3, -0.25) is 0 Å². The van der Waals surface area contributed by atoms with Gasteiger partial charge in [0.1, 0.15) is 42.4 Å². The summed E-state index contributed by atoms with van der Waals surface area (Å²) in [5.41, 5.74) is 1.24. The average molecular weight is 410 g/mol. The van der Waals surface area contributed by atoms with Crippen molar-refractivity contribution in [1.82, 2.24) is 0 Å². The molecule has 2 aromatic rings. The zero-order chi connectivity index (χ0) is 21.9. The van der Waals surface area contributed by atoms with E-state index < -0.39 is 17.8 Å². The van der Waals surface area contributed by atoms with E-state index in [0.717, 1.165) is 24.9 Å². The molecule has 0 aromatic heterocycles. The third-order valence-electron chi connectivity index (χ3n) is 3.50. The van der Waals surface area contributed by atoms with Crippen LogP contribution in [0, 0.1) is 5.82 Å². The molecular formula is C23H19FO6. The zero-order valence-electron chi connectivity index (χ0n) is 16.2. The summed E-state index contributed by atoms with van der Waals surface area (Å²) in [5.74, 6) is -0.976. The number of esters is 2. The predicted molar refractivity (Wildman–Crippen MR) is 109 cm³/mol. The van der Waals surface area contributed by atoms with Gasteiger partial charge in [-0.15, -0.1) is 0 Å². The fourth-order valence-electron chi connectivity index (χ4n) is 2.06. The SMILES string of the molecule is C=CC(=O)OC=COc1ccc(-c2ccc(OC=COC(=O)C(=C)C)cc2F)cc1. The van der Waals surface area contributed by atoms with Crippen molar-refractivity contribution >= 4 is 11.9 Å². The van der Waals surface area contributed by atoms with Crippen LogP contribution in [0.3, 0.4) is 0 Å². The highest BCUT2D eigenvalue weighted by Crippen LogP contribution is 2.28. The Balaban J connectivity index is 1.96. The van der Waals surface area contributed by atoms with Crippen LogP contribution in [0.4, 0.5) is 4.39 Å². The standard InChI is InChI=1S/C23H19FO6/c1-4-22(25)29-13-11-27-18-7-5-17(6-8-18)20-10-9-19(15-21(20)24)28-12-14-30-23(26)16(2)3/h4-15H,1-2H2,3H3. The molecular weight excluding hydrogens is 391 g/mol. The number of hydrogen-bond acceptors (Lipinski definition) is 6. The fourth-order valence-corrected chi connectivity index (χ4v) is 2.06. The lowest BCUT2D eigenvalue weighted by Gasteiger charge is -2.07. The van der Waals surface area contributed by atoms with Crippen molar-refractivity contribution in [2.24, 2.45) is 0 Å². The lowest BCUT2D eigenvalue weighted by atomic mass is 10.0. The van der Waals surface area contributed by atoms with Crippen LogP contribution in [0.2, 0.25) is 0 Å². The zero-order valence-corrected chi connectivity index (χ0v) is 16.2. The van der Waals surface area contributed by atoms with Gasteiger partial charge in [-0.2, -0.15) is 0 Å². The molecule has 0 saturated carbocycles. The van der Waals surface area contributed by atoms with Crippen LogP contribution < -0.4 is 9.47 Å². The second-order valence-electron chi connectivity index (χ2n) is 5.77. The predicted octanol–water partition coefficient (Wildman–Crippen LogP) is 5.04. The second kappa shape index (κ2) is 11.0. The lowest BCUT2D eigenvalue weighted by Crippen LogP contribution is -1.99. The molecule has 7 heteroatoms. The topological polar surface area (TPSA) is 71.1 Å². The highest BCUT2D eigenvalue weighted by molar-refractivity contribution is 5.87. The first kappa shape index (κ1) is 22.2. The maximum Gasteiger partial charge on any atom is 0.338 e. The number of hydrogen-bond donors (Lipinski definition) is 0. The fraction of sp³-hybridized carbons (Fsp3) is 0.0435. The Hall–Kier alpha value is -4.13. The Kier molecular flexibility index (Phi) is 8.14. The van der Waals surface area contributed by atoms with Gasteiger partial charge in [0.25, 0.3) is 0 Å². The van der Waals surface area contributed by atoms with Gasteiger partial charge < -0.3 is 18.9 Å². The summed E-state index contributed by atoms with van der Waals surface area (Å²) in [6.45, 7) is 8.23. The van der Waals surface area contributed by atoms with Crippen molar-refractivity contribution in [2.45, 2.75) is 6.92 Å². The Morgan fingerprint density at radius 1 is 0.900 bits per heavy atom. The Labute approximate surface area is 173 Å². The molecule has 0 heterocycles. The van der Waals surface area contributed by atoms with Gasteiger partial charge in [-0.25, -0.2) is 14.0 Å². The van der Waals surface area contributed by atoms with E-state index in [1.807, 2.05) is 0 Å². The smallest absolute Gasteiger partial charge is 0.338 e. The van der Waals surface area contributed by atoms with E-state index >= 15 is 0 Å². The molecule has 0 aliphatic rings. The molecule has 2 rings (SSSR count). The van der Waals surface area contributed by atoms with Crippen LogP contribution in [-0.4, -0.2) is 11.9 Å². The summed E-state index contributed by atoms with van der Waals surface area (Å²) in [7, 11) is 0. The van der Waals surface area contributed by atoms with Crippen molar-refractivity contribution in [3.63, 3.8) is 0 Å². The summed E-state index contributed by atoms with van der Waals surface area (Å²) >= 11 is 0. The molecule has 0 spiro atoms. The van der Waals surface area contributed by atoms with Crippen LogP contribution >= 0.6 is 0 Å². The van der Waals surface area contributed by atoms with Crippen molar-refractivity contribution in [3.05, 3.63) is 98.1 Å². The van der Waals surface area contributed by atoms with Crippen molar-refractivity contribution in [1.29, 1.82) is 0 Å². The number of carbonyl (C=O) groups is 2. The number of benzene rings is 2. The highest BCUT2D eigenvalue weighted by Gasteiger charge is 2.07. The van der Waals surface area contributed by atoms with E-state index in [1.54, 1.807) is 36.4 Å². The molecule has 0 bridgehead atoms. The number of ether oxygens (including phenoxy) is 4. The van der Waals surface area contributed by atoms with E-state index in [1.165, 1.54) is 19.3 Å². The van der Waals surface area contributed by atoms with Crippen molar-refractivity contribution in [2.75, 3.05) is 0 Å². The summed E-state index contributed by atoms with van der Waals surface area (Å²) in [4.78, 5) is 22.1. The Bertz CT molecular complexity index is 989. The molecule has 154 valence electrons. The normalized spacial score (nSPS) is 10.6. The molecule has 0 unspecified atom stereocenters. The average Bonchev–Trinajstić information content (AvgIpc) is 2.74. The summed E-state index contributed by atoms with van der Waals surface area (Å²) in [6, 6.07) is 11.0. The molecule has 0 aliphatic heterocycles. The monoisotopic (exact) mass is 410 g/mol. The Morgan fingerprint density at radius 3 is 2.10 bits per heavy atom. The molecule has 0 fully saturated rings. The minimum atomic E-state index is -0.600. The van der Waals surface area contributed by atoms with Crippen LogP contribution in [0.25, 0.3) is 11.1 Å². The summed E-state index contributed by atoms with van der Waals surface area (Å²) in [6.07, 6.45) is 5.49. The minimum Gasteiger partial charge on any atom is -0.462 e. The first-order chi connectivity index (χ1) is 14.4. The summed E-state index contributed by atoms with van der Waals surface area (Å²) < 4.78 is 34.3. The van der Waals surface area contributed by atoms with E-state index in [-0.39, 0.29) is 11.3 Å². The largest absolute Gasteiger partial charge is 0.462 e. The second-order valence-corrected chi connectivity index (χ2v) is 5.77. The van der Waals surface area contributed by atoms with Crippen molar-refractivity contribution < 1.29 is 32.9 Å². The number of carbonyl (C=O) groups excluding carboxylic acids is 2. The third-order valence-corrected chi connectivity index (χ3v) is 3.50. The highest BCUT2D eigenvalue weighted by atomic mass is 19.1.